The Labute approximate surface area is 167 Å². The number of hydrogen-bond acceptors (Lipinski definition) is 4. The first-order valence-corrected chi connectivity index (χ1v) is 10.3. The van der Waals surface area contributed by atoms with E-state index in [2.05, 4.69) is 22.3 Å². The number of thiophene rings is 1. The lowest BCUT2D eigenvalue weighted by atomic mass is 10.1. The normalized spacial score (nSPS) is 15.6. The summed E-state index contributed by atoms with van der Waals surface area (Å²) >= 11 is 1.32. The van der Waals surface area contributed by atoms with Crippen molar-refractivity contribution in [3.8, 4) is 5.75 Å². The van der Waals surface area contributed by atoms with Gasteiger partial charge in [0, 0.05) is 16.6 Å². The van der Waals surface area contributed by atoms with Gasteiger partial charge in [0.15, 0.2) is 0 Å². The summed E-state index contributed by atoms with van der Waals surface area (Å²) in [5.41, 5.74) is 1.16. The molecule has 1 fully saturated rings. The Hall–Kier alpha value is -2.44. The SMILES string of the molecule is COc1ccc(C(CNC(=O)c2cc3c(F)cccc3s2)N2CCCC2)cc1. The largest absolute Gasteiger partial charge is 0.497 e. The van der Waals surface area contributed by atoms with Crippen LogP contribution in [0.2, 0.25) is 0 Å². The van der Waals surface area contributed by atoms with E-state index in [1.807, 2.05) is 18.2 Å². The zero-order valence-electron chi connectivity index (χ0n) is 15.8. The molecule has 4 rings (SSSR count). The summed E-state index contributed by atoms with van der Waals surface area (Å²) in [4.78, 5) is 15.7. The zero-order valence-corrected chi connectivity index (χ0v) is 16.6. The summed E-state index contributed by atoms with van der Waals surface area (Å²) < 4.78 is 20.0. The van der Waals surface area contributed by atoms with E-state index in [0.29, 0.717) is 16.8 Å². The number of nitrogens with zero attached hydrogens (tertiary/aromatic N) is 1. The predicted octanol–water partition coefficient (Wildman–Crippen LogP) is 4.62. The lowest BCUT2D eigenvalue weighted by Crippen LogP contribution is -2.36. The second-order valence-electron chi connectivity index (χ2n) is 7.00. The number of ether oxygens (including phenoxy) is 1. The van der Waals surface area contributed by atoms with Gasteiger partial charge in [0.1, 0.15) is 11.6 Å². The van der Waals surface area contributed by atoms with Gasteiger partial charge in [0.25, 0.3) is 5.91 Å². The molecule has 1 aliphatic rings. The van der Waals surface area contributed by atoms with E-state index in [0.717, 1.165) is 29.1 Å². The minimum Gasteiger partial charge on any atom is -0.497 e. The van der Waals surface area contributed by atoms with Crippen LogP contribution in [0.4, 0.5) is 4.39 Å². The molecule has 6 heteroatoms. The predicted molar refractivity (Wildman–Crippen MR) is 111 cm³/mol. The Bertz CT molecular complexity index is 964. The van der Waals surface area contributed by atoms with Gasteiger partial charge < -0.3 is 10.1 Å². The number of likely N-dealkylation sites (tertiary alicyclic amines) is 1. The van der Waals surface area contributed by atoms with Gasteiger partial charge in [0.2, 0.25) is 0 Å². The number of carbonyl (C=O) groups excluding carboxylic acids is 1. The van der Waals surface area contributed by atoms with Crippen molar-refractivity contribution in [3.63, 3.8) is 0 Å². The van der Waals surface area contributed by atoms with Crippen LogP contribution >= 0.6 is 11.3 Å². The monoisotopic (exact) mass is 398 g/mol. The number of hydrogen-bond donors (Lipinski definition) is 1. The number of carbonyl (C=O) groups is 1. The van der Waals surface area contributed by atoms with Crippen LogP contribution in [0.3, 0.4) is 0 Å². The van der Waals surface area contributed by atoms with Gasteiger partial charge in [-0.25, -0.2) is 4.39 Å². The number of amides is 1. The molecule has 1 atom stereocenters. The smallest absolute Gasteiger partial charge is 0.261 e. The van der Waals surface area contributed by atoms with Crippen LogP contribution in [-0.2, 0) is 0 Å². The van der Waals surface area contributed by atoms with Gasteiger partial charge in [-0.1, -0.05) is 18.2 Å². The maximum Gasteiger partial charge on any atom is 0.261 e. The van der Waals surface area contributed by atoms with Crippen LogP contribution in [0.25, 0.3) is 10.1 Å². The van der Waals surface area contributed by atoms with Gasteiger partial charge in [-0.15, -0.1) is 11.3 Å². The Kier molecular flexibility index (Phi) is 5.59. The van der Waals surface area contributed by atoms with Crippen molar-refractivity contribution in [3.05, 3.63) is 64.8 Å². The highest BCUT2D eigenvalue weighted by Crippen LogP contribution is 2.29. The topological polar surface area (TPSA) is 41.6 Å². The quantitative estimate of drug-likeness (QED) is 0.659. The number of nitrogens with one attached hydrogen (secondary N) is 1. The van der Waals surface area contributed by atoms with Gasteiger partial charge >= 0.3 is 0 Å². The van der Waals surface area contributed by atoms with Crippen LogP contribution in [-0.4, -0.2) is 37.6 Å². The number of halogens is 1. The molecule has 28 heavy (non-hydrogen) atoms. The molecule has 1 saturated heterocycles. The Balaban J connectivity index is 1.51. The summed E-state index contributed by atoms with van der Waals surface area (Å²) in [6.07, 6.45) is 2.35. The van der Waals surface area contributed by atoms with Crippen molar-refractivity contribution in [1.82, 2.24) is 10.2 Å². The standard InChI is InChI=1S/C22H23FN2O2S/c1-27-16-9-7-15(8-10-16)19(25-11-2-3-12-25)14-24-22(26)21-13-17-18(23)5-4-6-20(17)28-21/h4-10,13,19H,2-3,11-12,14H2,1H3,(H,24,26). The minimum absolute atomic E-state index is 0.114. The third-order valence-electron chi connectivity index (χ3n) is 5.27. The van der Waals surface area contributed by atoms with Crippen molar-refractivity contribution in [1.29, 1.82) is 0 Å². The Morgan fingerprint density at radius 1 is 1.21 bits per heavy atom. The van der Waals surface area contributed by atoms with E-state index in [1.165, 1.54) is 30.2 Å². The van der Waals surface area contributed by atoms with E-state index in [1.54, 1.807) is 19.2 Å². The fraction of sp³-hybridized carbons (Fsp3) is 0.318. The molecule has 2 aromatic carbocycles. The number of fused-ring (bicyclic) bond motifs is 1. The summed E-state index contributed by atoms with van der Waals surface area (Å²) in [6.45, 7) is 2.57. The molecule has 0 saturated carbocycles. The van der Waals surface area contributed by atoms with Gasteiger partial charge in [-0.3, -0.25) is 9.69 Å². The van der Waals surface area contributed by atoms with Crippen molar-refractivity contribution < 1.29 is 13.9 Å². The van der Waals surface area contributed by atoms with Crippen LogP contribution < -0.4 is 10.1 Å². The van der Waals surface area contributed by atoms with Gasteiger partial charge in [-0.05, 0) is 61.8 Å². The summed E-state index contributed by atoms with van der Waals surface area (Å²) in [7, 11) is 1.65. The third-order valence-corrected chi connectivity index (χ3v) is 6.37. The van der Waals surface area contributed by atoms with Crippen LogP contribution in [0.15, 0.2) is 48.5 Å². The molecule has 1 unspecified atom stereocenters. The molecule has 1 N–H and O–H groups in total. The molecule has 1 aromatic heterocycles. The molecular weight excluding hydrogens is 375 g/mol. The fourth-order valence-electron chi connectivity index (χ4n) is 3.75. The summed E-state index contributed by atoms with van der Waals surface area (Å²) in [6, 6.07) is 14.7. The molecule has 146 valence electrons. The minimum atomic E-state index is -0.291. The third kappa shape index (κ3) is 3.88. The lowest BCUT2D eigenvalue weighted by Gasteiger charge is -2.28. The van der Waals surface area contributed by atoms with Crippen LogP contribution in [0.5, 0.6) is 5.75 Å². The average Bonchev–Trinajstić information content (AvgIpc) is 3.39. The van der Waals surface area contributed by atoms with Crippen molar-refractivity contribution >= 4 is 27.3 Å². The molecule has 3 aromatic rings. The maximum atomic E-state index is 13.9. The van der Waals surface area contributed by atoms with Gasteiger partial charge in [-0.2, -0.15) is 0 Å². The van der Waals surface area contributed by atoms with E-state index in [9.17, 15) is 9.18 Å². The molecular formula is C22H23FN2O2S. The molecule has 4 nitrogen and oxygen atoms in total. The molecule has 1 amide bonds. The Morgan fingerprint density at radius 3 is 2.64 bits per heavy atom. The van der Waals surface area contributed by atoms with E-state index < -0.39 is 0 Å². The zero-order chi connectivity index (χ0) is 19.5. The highest BCUT2D eigenvalue weighted by atomic mass is 32.1. The second kappa shape index (κ2) is 8.29. The Morgan fingerprint density at radius 2 is 1.96 bits per heavy atom. The highest BCUT2D eigenvalue weighted by Gasteiger charge is 2.24. The number of benzene rings is 2. The van der Waals surface area contributed by atoms with Gasteiger partial charge in [0.05, 0.1) is 18.0 Å². The summed E-state index contributed by atoms with van der Waals surface area (Å²) in [5, 5.41) is 3.56. The van der Waals surface area contributed by atoms with Crippen molar-refractivity contribution in [2.75, 3.05) is 26.7 Å². The molecule has 1 aliphatic heterocycles. The average molecular weight is 399 g/mol. The van der Waals surface area contributed by atoms with Crippen LogP contribution in [0.1, 0.15) is 34.1 Å². The molecule has 2 heterocycles. The molecule has 0 spiro atoms. The number of rotatable bonds is 6. The molecule has 0 bridgehead atoms. The van der Waals surface area contributed by atoms with E-state index in [-0.39, 0.29) is 17.8 Å². The molecule has 0 aliphatic carbocycles. The van der Waals surface area contributed by atoms with Crippen molar-refractivity contribution in [2.24, 2.45) is 0 Å². The van der Waals surface area contributed by atoms with E-state index in [4.69, 9.17) is 4.74 Å². The summed E-state index contributed by atoms with van der Waals surface area (Å²) in [5.74, 6) is 0.375. The maximum absolute atomic E-state index is 13.9. The lowest BCUT2D eigenvalue weighted by molar-refractivity contribution is 0.0942. The molecule has 0 radical (unpaired) electrons. The number of methoxy groups -OCH3 is 1. The van der Waals surface area contributed by atoms with E-state index >= 15 is 0 Å². The van der Waals surface area contributed by atoms with Crippen LogP contribution in [0, 0.1) is 5.82 Å². The first kappa shape index (κ1) is 18.9. The highest BCUT2D eigenvalue weighted by molar-refractivity contribution is 7.20. The fourth-order valence-corrected chi connectivity index (χ4v) is 4.74. The first-order valence-electron chi connectivity index (χ1n) is 9.50. The second-order valence-corrected chi connectivity index (χ2v) is 8.09. The van der Waals surface area contributed by atoms with Crippen molar-refractivity contribution in [2.45, 2.75) is 18.9 Å². The first-order chi connectivity index (χ1) is 13.7.